The van der Waals surface area contributed by atoms with Gasteiger partial charge in [-0.2, -0.15) is 0 Å². The molecule has 1 saturated heterocycles. The van der Waals surface area contributed by atoms with Crippen LogP contribution >= 0.6 is 0 Å². The Morgan fingerprint density at radius 2 is 1.94 bits per heavy atom. The van der Waals surface area contributed by atoms with Crippen LogP contribution in [-0.4, -0.2) is 42.3 Å². The van der Waals surface area contributed by atoms with Crippen LogP contribution in [0.25, 0.3) is 33.6 Å². The third-order valence-electron chi connectivity index (χ3n) is 6.25. The Balaban J connectivity index is 1.47. The van der Waals surface area contributed by atoms with Crippen LogP contribution in [0.2, 0.25) is 0 Å². The SMILES string of the molecule is CC(=O)N1CCCC1c1cc2[nH]c(-c3ccccn3)nc2cc1Oc1ccc2[nH]c(=O)[nH]c2c1. The smallest absolute Gasteiger partial charge is 0.323 e. The molecule has 2 aromatic carbocycles. The number of aromatic amines is 3. The Labute approximate surface area is 193 Å². The van der Waals surface area contributed by atoms with E-state index in [0.29, 0.717) is 28.4 Å². The highest BCUT2D eigenvalue weighted by molar-refractivity contribution is 5.83. The van der Waals surface area contributed by atoms with Crippen molar-refractivity contribution in [2.75, 3.05) is 6.54 Å². The average molecular weight is 454 g/mol. The van der Waals surface area contributed by atoms with Crippen molar-refractivity contribution in [2.45, 2.75) is 25.8 Å². The van der Waals surface area contributed by atoms with Gasteiger partial charge in [0.05, 0.1) is 28.1 Å². The van der Waals surface area contributed by atoms with Gasteiger partial charge in [0.25, 0.3) is 0 Å². The maximum absolute atomic E-state index is 12.3. The first kappa shape index (κ1) is 20.2. The van der Waals surface area contributed by atoms with E-state index in [1.807, 2.05) is 35.2 Å². The molecule has 1 aliphatic rings. The average Bonchev–Trinajstić information content (AvgIpc) is 3.56. The third-order valence-corrected chi connectivity index (χ3v) is 6.25. The summed E-state index contributed by atoms with van der Waals surface area (Å²) < 4.78 is 6.35. The molecule has 6 rings (SSSR count). The lowest BCUT2D eigenvalue weighted by molar-refractivity contribution is -0.129. The van der Waals surface area contributed by atoms with Crippen molar-refractivity contribution < 1.29 is 9.53 Å². The quantitative estimate of drug-likeness (QED) is 0.375. The number of hydrogen-bond donors (Lipinski definition) is 3. The summed E-state index contributed by atoms with van der Waals surface area (Å²) in [7, 11) is 0. The van der Waals surface area contributed by atoms with Gasteiger partial charge in [-0.15, -0.1) is 0 Å². The van der Waals surface area contributed by atoms with Gasteiger partial charge in [-0.05, 0) is 43.2 Å². The zero-order valence-electron chi connectivity index (χ0n) is 18.5. The highest BCUT2D eigenvalue weighted by atomic mass is 16.5. The number of aromatic nitrogens is 5. The minimum Gasteiger partial charge on any atom is -0.457 e. The van der Waals surface area contributed by atoms with E-state index in [1.165, 1.54) is 0 Å². The number of likely N-dealkylation sites (tertiary alicyclic amines) is 1. The summed E-state index contributed by atoms with van der Waals surface area (Å²) in [5, 5.41) is 0. The van der Waals surface area contributed by atoms with Crippen molar-refractivity contribution in [1.82, 2.24) is 29.8 Å². The lowest BCUT2D eigenvalue weighted by atomic mass is 10.0. The molecule has 3 N–H and O–H groups in total. The Bertz CT molecular complexity index is 1580. The maximum Gasteiger partial charge on any atom is 0.323 e. The van der Waals surface area contributed by atoms with Gasteiger partial charge in [-0.25, -0.2) is 9.78 Å². The molecule has 34 heavy (non-hydrogen) atoms. The van der Waals surface area contributed by atoms with Crippen LogP contribution in [0.5, 0.6) is 11.5 Å². The van der Waals surface area contributed by atoms with Gasteiger partial charge < -0.3 is 24.6 Å². The van der Waals surface area contributed by atoms with E-state index >= 15 is 0 Å². The van der Waals surface area contributed by atoms with Gasteiger partial charge in [0, 0.05) is 37.4 Å². The Morgan fingerprint density at radius 3 is 2.76 bits per heavy atom. The van der Waals surface area contributed by atoms with Crippen molar-refractivity contribution in [3.05, 3.63) is 70.8 Å². The molecule has 0 aliphatic carbocycles. The first-order valence-electron chi connectivity index (χ1n) is 11.2. The monoisotopic (exact) mass is 454 g/mol. The van der Waals surface area contributed by atoms with Crippen LogP contribution in [0.1, 0.15) is 31.4 Å². The molecule has 9 nitrogen and oxygen atoms in total. The largest absolute Gasteiger partial charge is 0.457 e. The first-order valence-corrected chi connectivity index (χ1v) is 11.2. The molecular weight excluding hydrogens is 432 g/mol. The number of ether oxygens (including phenoxy) is 1. The lowest BCUT2D eigenvalue weighted by Gasteiger charge is -2.25. The number of imidazole rings is 2. The summed E-state index contributed by atoms with van der Waals surface area (Å²) in [6, 6.07) is 14.9. The van der Waals surface area contributed by atoms with Gasteiger partial charge in [0.1, 0.15) is 17.2 Å². The van der Waals surface area contributed by atoms with E-state index in [4.69, 9.17) is 9.72 Å². The van der Waals surface area contributed by atoms with E-state index in [0.717, 1.165) is 41.7 Å². The number of pyridine rings is 1. The Hall–Kier alpha value is -4.40. The second-order valence-corrected chi connectivity index (χ2v) is 8.47. The van der Waals surface area contributed by atoms with Crippen LogP contribution in [0.15, 0.2) is 59.5 Å². The number of hydrogen-bond acceptors (Lipinski definition) is 5. The van der Waals surface area contributed by atoms with Gasteiger partial charge in [-0.3, -0.25) is 9.78 Å². The molecule has 0 saturated carbocycles. The van der Waals surface area contributed by atoms with E-state index in [9.17, 15) is 9.59 Å². The molecular formula is C25H22N6O3. The highest BCUT2D eigenvalue weighted by Gasteiger charge is 2.31. The van der Waals surface area contributed by atoms with E-state index in [2.05, 4.69) is 19.9 Å². The fourth-order valence-corrected chi connectivity index (χ4v) is 4.70. The second kappa shape index (κ2) is 7.87. The molecule has 1 amide bonds. The molecule has 0 radical (unpaired) electrons. The summed E-state index contributed by atoms with van der Waals surface area (Å²) >= 11 is 0. The standard InChI is InChI=1S/C25H22N6O3/c1-14(32)31-10-4-6-22(31)16-12-20-21(28-24(27-20)18-5-2-3-9-26-18)13-23(16)34-15-7-8-17-19(11-15)30-25(33)29-17/h2-3,5,7-9,11-13,22H,4,6,10H2,1H3,(H,27,28)(H2,29,30,33). The van der Waals surface area contributed by atoms with Crippen LogP contribution in [0.3, 0.4) is 0 Å². The molecule has 0 bridgehead atoms. The highest BCUT2D eigenvalue weighted by Crippen LogP contribution is 2.41. The topological polar surface area (TPSA) is 120 Å². The summed E-state index contributed by atoms with van der Waals surface area (Å²) in [5.41, 5.74) is 4.35. The summed E-state index contributed by atoms with van der Waals surface area (Å²) in [6.45, 7) is 2.32. The lowest BCUT2D eigenvalue weighted by Crippen LogP contribution is -2.28. The number of H-pyrrole nitrogens is 3. The van der Waals surface area contributed by atoms with E-state index in [1.54, 1.807) is 31.3 Å². The number of carbonyl (C=O) groups is 1. The fourth-order valence-electron chi connectivity index (χ4n) is 4.70. The second-order valence-electron chi connectivity index (χ2n) is 8.47. The zero-order chi connectivity index (χ0) is 23.2. The fraction of sp³-hybridized carbons (Fsp3) is 0.200. The molecule has 5 aromatic rings. The molecule has 1 unspecified atom stereocenters. The molecule has 1 fully saturated rings. The molecule has 1 aliphatic heterocycles. The molecule has 9 heteroatoms. The minimum atomic E-state index is -0.268. The molecule has 0 spiro atoms. The molecule has 3 aromatic heterocycles. The zero-order valence-corrected chi connectivity index (χ0v) is 18.5. The van der Waals surface area contributed by atoms with E-state index < -0.39 is 0 Å². The minimum absolute atomic E-state index is 0.0404. The molecule has 170 valence electrons. The van der Waals surface area contributed by atoms with Crippen molar-refractivity contribution in [3.8, 4) is 23.0 Å². The number of rotatable bonds is 4. The number of amides is 1. The Morgan fingerprint density at radius 1 is 1.06 bits per heavy atom. The van der Waals surface area contributed by atoms with Gasteiger partial charge in [-0.1, -0.05) is 6.07 Å². The summed E-state index contributed by atoms with van der Waals surface area (Å²) in [6.07, 6.45) is 3.51. The van der Waals surface area contributed by atoms with Crippen LogP contribution in [0.4, 0.5) is 0 Å². The maximum atomic E-state index is 12.3. The van der Waals surface area contributed by atoms with Crippen LogP contribution in [-0.2, 0) is 4.79 Å². The normalized spacial score (nSPS) is 15.9. The number of nitrogens with one attached hydrogen (secondary N) is 3. The number of fused-ring (bicyclic) bond motifs is 2. The number of carbonyl (C=O) groups excluding carboxylic acids is 1. The van der Waals surface area contributed by atoms with Crippen molar-refractivity contribution >= 4 is 28.0 Å². The van der Waals surface area contributed by atoms with Crippen molar-refractivity contribution in [3.63, 3.8) is 0 Å². The summed E-state index contributed by atoms with van der Waals surface area (Å²) in [5.74, 6) is 1.91. The van der Waals surface area contributed by atoms with Gasteiger partial charge in [0.2, 0.25) is 5.91 Å². The van der Waals surface area contributed by atoms with E-state index in [-0.39, 0.29) is 17.6 Å². The summed E-state index contributed by atoms with van der Waals surface area (Å²) in [4.78, 5) is 43.8. The first-order chi connectivity index (χ1) is 16.5. The predicted octanol–water partition coefficient (Wildman–Crippen LogP) is 4.27. The van der Waals surface area contributed by atoms with Gasteiger partial charge in [0.15, 0.2) is 5.82 Å². The number of benzene rings is 2. The Kier molecular flexibility index (Phi) is 4.68. The van der Waals surface area contributed by atoms with Crippen molar-refractivity contribution in [2.24, 2.45) is 0 Å². The van der Waals surface area contributed by atoms with Crippen LogP contribution in [0, 0.1) is 0 Å². The van der Waals surface area contributed by atoms with Crippen LogP contribution < -0.4 is 10.4 Å². The van der Waals surface area contributed by atoms with Gasteiger partial charge >= 0.3 is 5.69 Å². The third kappa shape index (κ3) is 3.51. The van der Waals surface area contributed by atoms with Crippen molar-refractivity contribution in [1.29, 1.82) is 0 Å². The predicted molar refractivity (Wildman–Crippen MR) is 128 cm³/mol. The number of nitrogens with zero attached hydrogens (tertiary/aromatic N) is 3. The molecule has 1 atom stereocenters. The molecule has 4 heterocycles.